The van der Waals surface area contributed by atoms with Crippen LogP contribution in [0.15, 0.2) is 46.2 Å². The fourth-order valence-corrected chi connectivity index (χ4v) is 2.70. The van der Waals surface area contributed by atoms with E-state index in [1.165, 1.54) is 11.8 Å². The second kappa shape index (κ2) is 6.97. The molecule has 0 saturated carbocycles. The van der Waals surface area contributed by atoms with Crippen molar-refractivity contribution in [1.29, 1.82) is 0 Å². The van der Waals surface area contributed by atoms with Crippen molar-refractivity contribution in [3.05, 3.63) is 58.7 Å². The van der Waals surface area contributed by atoms with Gasteiger partial charge in [-0.3, -0.25) is 9.48 Å². The number of carbonyl (C=O) groups is 1. The topological polar surface area (TPSA) is 73.8 Å². The molecule has 23 heavy (non-hydrogen) atoms. The van der Waals surface area contributed by atoms with Crippen LogP contribution in [0.4, 0.5) is 0 Å². The molecule has 1 aromatic carbocycles. The second-order valence-corrected chi connectivity index (χ2v) is 6.17. The lowest BCUT2D eigenvalue weighted by atomic mass is 10.1. The summed E-state index contributed by atoms with van der Waals surface area (Å²) in [6.07, 6.45) is 1.71. The fraction of sp³-hybridized carbons (Fsp3) is 0.200. The van der Waals surface area contributed by atoms with Gasteiger partial charge in [-0.05, 0) is 37.3 Å². The monoisotopic (exact) mass is 348 g/mol. The Hall–Kier alpha value is -2.12. The van der Waals surface area contributed by atoms with Crippen molar-refractivity contribution in [2.24, 2.45) is 0 Å². The summed E-state index contributed by atoms with van der Waals surface area (Å²) < 4.78 is 7.29. The molecule has 0 aliphatic heterocycles. The maximum Gasteiger partial charge on any atom is 0.277 e. The molecule has 0 aliphatic carbocycles. The van der Waals surface area contributed by atoms with Gasteiger partial charge in [-0.2, -0.15) is 5.10 Å². The van der Waals surface area contributed by atoms with E-state index in [0.29, 0.717) is 28.2 Å². The molecule has 0 bridgehead atoms. The van der Waals surface area contributed by atoms with Gasteiger partial charge in [0.15, 0.2) is 5.78 Å². The van der Waals surface area contributed by atoms with Crippen molar-refractivity contribution in [2.45, 2.75) is 18.7 Å². The first kappa shape index (κ1) is 15.8. The van der Waals surface area contributed by atoms with Crippen LogP contribution in [-0.2, 0) is 6.54 Å². The number of Topliss-reactive ketones (excluding diaryl/α,β-unsaturated/α-hetero) is 1. The highest BCUT2D eigenvalue weighted by atomic mass is 35.5. The van der Waals surface area contributed by atoms with E-state index in [2.05, 4.69) is 15.3 Å². The minimum atomic E-state index is -0.0191. The van der Waals surface area contributed by atoms with Crippen LogP contribution in [-0.4, -0.2) is 31.5 Å². The van der Waals surface area contributed by atoms with Crippen LogP contribution >= 0.6 is 23.4 Å². The predicted octanol–water partition coefficient (Wildman–Crippen LogP) is 3.25. The van der Waals surface area contributed by atoms with E-state index in [1.807, 2.05) is 13.0 Å². The Labute approximate surface area is 141 Å². The number of halogens is 1. The van der Waals surface area contributed by atoms with E-state index in [0.717, 1.165) is 5.69 Å². The third-order valence-electron chi connectivity index (χ3n) is 3.16. The van der Waals surface area contributed by atoms with Crippen LogP contribution in [0.3, 0.4) is 0 Å². The van der Waals surface area contributed by atoms with Crippen molar-refractivity contribution in [1.82, 2.24) is 20.0 Å². The van der Waals surface area contributed by atoms with Gasteiger partial charge < -0.3 is 4.42 Å². The molecule has 0 fully saturated rings. The molecule has 0 amide bonds. The van der Waals surface area contributed by atoms with Gasteiger partial charge in [0.25, 0.3) is 5.22 Å². The minimum absolute atomic E-state index is 0.0191. The van der Waals surface area contributed by atoms with Crippen LogP contribution < -0.4 is 0 Å². The molecule has 0 aliphatic rings. The Bertz CT molecular complexity index is 813. The molecule has 0 saturated heterocycles. The van der Waals surface area contributed by atoms with Crippen LogP contribution in [0.5, 0.6) is 0 Å². The molecular weight excluding hydrogens is 336 g/mol. The van der Waals surface area contributed by atoms with E-state index < -0.39 is 0 Å². The maximum atomic E-state index is 12.1. The first-order valence-electron chi connectivity index (χ1n) is 6.84. The molecule has 0 spiro atoms. The van der Waals surface area contributed by atoms with E-state index in [4.69, 9.17) is 16.0 Å². The Morgan fingerprint density at radius 3 is 2.74 bits per heavy atom. The standard InChI is InChI=1S/C15H13ClN4O2S/c1-10-6-7-17-20(10)8-14-18-19-15(22-14)23-9-13(21)11-2-4-12(16)5-3-11/h2-7H,8-9H2,1H3. The Morgan fingerprint density at radius 2 is 2.04 bits per heavy atom. The van der Waals surface area contributed by atoms with Gasteiger partial charge in [-0.1, -0.05) is 23.4 Å². The molecule has 6 nitrogen and oxygen atoms in total. The van der Waals surface area contributed by atoms with E-state index in [1.54, 1.807) is 35.1 Å². The molecule has 2 heterocycles. The summed E-state index contributed by atoms with van der Waals surface area (Å²) in [5, 5.41) is 13.0. The third kappa shape index (κ3) is 4.00. The minimum Gasteiger partial charge on any atom is -0.414 e. The second-order valence-electron chi connectivity index (χ2n) is 4.81. The Kier molecular flexibility index (Phi) is 4.78. The maximum absolute atomic E-state index is 12.1. The molecule has 3 aromatic rings. The van der Waals surface area contributed by atoms with Gasteiger partial charge in [0.05, 0.1) is 5.75 Å². The average molecular weight is 349 g/mol. The van der Waals surface area contributed by atoms with Gasteiger partial charge in [-0.15, -0.1) is 10.2 Å². The third-order valence-corrected chi connectivity index (χ3v) is 4.23. The molecule has 3 rings (SSSR count). The first-order valence-corrected chi connectivity index (χ1v) is 8.20. The number of ketones is 1. The number of hydrogen-bond donors (Lipinski definition) is 0. The number of benzene rings is 1. The first-order chi connectivity index (χ1) is 11.1. The van der Waals surface area contributed by atoms with Crippen LogP contribution in [0, 0.1) is 6.92 Å². The molecule has 2 aromatic heterocycles. The molecule has 8 heteroatoms. The highest BCUT2D eigenvalue weighted by Gasteiger charge is 2.12. The highest BCUT2D eigenvalue weighted by molar-refractivity contribution is 7.99. The van der Waals surface area contributed by atoms with Crippen LogP contribution in [0.25, 0.3) is 0 Å². The van der Waals surface area contributed by atoms with Crippen molar-refractivity contribution < 1.29 is 9.21 Å². The van der Waals surface area contributed by atoms with E-state index in [9.17, 15) is 4.79 Å². The molecule has 118 valence electrons. The number of aromatic nitrogens is 4. The summed E-state index contributed by atoms with van der Waals surface area (Å²) in [6, 6.07) is 8.68. The van der Waals surface area contributed by atoms with Crippen LogP contribution in [0.1, 0.15) is 21.9 Å². The predicted molar refractivity (Wildman–Crippen MR) is 86.9 cm³/mol. The van der Waals surface area contributed by atoms with Crippen molar-refractivity contribution in [2.75, 3.05) is 5.75 Å². The highest BCUT2D eigenvalue weighted by Crippen LogP contribution is 2.19. The van der Waals surface area contributed by atoms with Gasteiger partial charge >= 0.3 is 0 Å². The SMILES string of the molecule is Cc1ccnn1Cc1nnc(SCC(=O)c2ccc(Cl)cc2)o1. The zero-order valence-corrected chi connectivity index (χ0v) is 13.8. The number of carbonyl (C=O) groups excluding carboxylic acids is 1. The van der Waals surface area contributed by atoms with Crippen molar-refractivity contribution in [3.8, 4) is 0 Å². The zero-order valence-electron chi connectivity index (χ0n) is 12.3. The molecule has 0 atom stereocenters. The Morgan fingerprint density at radius 1 is 1.26 bits per heavy atom. The van der Waals surface area contributed by atoms with Crippen LogP contribution in [0.2, 0.25) is 5.02 Å². The van der Waals surface area contributed by atoms with Gasteiger partial charge in [0.2, 0.25) is 5.89 Å². The molecule has 0 N–H and O–H groups in total. The summed E-state index contributed by atoms with van der Waals surface area (Å²) in [7, 11) is 0. The number of nitrogens with zero attached hydrogens (tertiary/aromatic N) is 4. The number of rotatable bonds is 6. The molecular formula is C15H13ClN4O2S. The molecule has 0 radical (unpaired) electrons. The lowest BCUT2D eigenvalue weighted by Gasteiger charge is -2.00. The summed E-state index contributed by atoms with van der Waals surface area (Å²) >= 11 is 7.02. The van der Waals surface area contributed by atoms with E-state index >= 15 is 0 Å². The molecule has 0 unspecified atom stereocenters. The van der Waals surface area contributed by atoms with Gasteiger partial charge in [0.1, 0.15) is 6.54 Å². The lowest BCUT2D eigenvalue weighted by Crippen LogP contribution is -2.03. The fourth-order valence-electron chi connectivity index (χ4n) is 1.90. The zero-order chi connectivity index (χ0) is 16.2. The average Bonchev–Trinajstić information content (AvgIpc) is 3.16. The van der Waals surface area contributed by atoms with Crippen molar-refractivity contribution >= 4 is 29.1 Å². The van der Waals surface area contributed by atoms with Gasteiger partial charge in [-0.25, -0.2) is 0 Å². The largest absolute Gasteiger partial charge is 0.414 e. The summed E-state index contributed by atoms with van der Waals surface area (Å²) in [6.45, 7) is 2.36. The van der Waals surface area contributed by atoms with Gasteiger partial charge in [0, 0.05) is 22.5 Å². The summed E-state index contributed by atoms with van der Waals surface area (Å²) in [5.41, 5.74) is 1.61. The number of aryl methyl sites for hydroxylation is 1. The summed E-state index contributed by atoms with van der Waals surface area (Å²) in [4.78, 5) is 12.1. The number of thioether (sulfide) groups is 1. The lowest BCUT2D eigenvalue weighted by molar-refractivity contribution is 0.102. The van der Waals surface area contributed by atoms with E-state index in [-0.39, 0.29) is 11.5 Å². The summed E-state index contributed by atoms with van der Waals surface area (Å²) in [5.74, 6) is 0.664. The normalized spacial score (nSPS) is 10.9. The van der Waals surface area contributed by atoms with Crippen molar-refractivity contribution in [3.63, 3.8) is 0 Å². The quantitative estimate of drug-likeness (QED) is 0.503. The number of hydrogen-bond acceptors (Lipinski definition) is 6. The smallest absolute Gasteiger partial charge is 0.277 e. The Balaban J connectivity index is 1.58.